The van der Waals surface area contributed by atoms with Gasteiger partial charge in [-0.1, -0.05) is 13.0 Å². The number of hydrogen-bond donors (Lipinski definition) is 1. The molecule has 0 saturated heterocycles. The lowest BCUT2D eigenvalue weighted by atomic mass is 10.0. The van der Waals surface area contributed by atoms with Crippen LogP contribution in [0.4, 0.5) is 0 Å². The maximum absolute atomic E-state index is 5.69. The van der Waals surface area contributed by atoms with E-state index < -0.39 is 0 Å². The molecule has 94 valence electrons. The Morgan fingerprint density at radius 1 is 1.24 bits per heavy atom. The SMILES string of the molecule is CCC(Cc1ccc2c(c1)OCCCO2)NC. The first-order valence-corrected chi connectivity index (χ1v) is 6.39. The molecule has 0 amide bonds. The summed E-state index contributed by atoms with van der Waals surface area (Å²) in [6, 6.07) is 6.80. The second-order valence-corrected chi connectivity index (χ2v) is 4.43. The molecule has 1 aliphatic heterocycles. The second-order valence-electron chi connectivity index (χ2n) is 4.43. The Morgan fingerprint density at radius 2 is 2.00 bits per heavy atom. The number of fused-ring (bicyclic) bond motifs is 1. The molecule has 1 aliphatic rings. The number of nitrogens with one attached hydrogen (secondary N) is 1. The van der Waals surface area contributed by atoms with Crippen LogP contribution in [0.25, 0.3) is 0 Å². The van der Waals surface area contributed by atoms with Crippen molar-refractivity contribution in [2.75, 3.05) is 20.3 Å². The Labute approximate surface area is 103 Å². The zero-order valence-corrected chi connectivity index (χ0v) is 10.7. The van der Waals surface area contributed by atoms with Crippen molar-refractivity contribution in [2.45, 2.75) is 32.2 Å². The van der Waals surface area contributed by atoms with Gasteiger partial charge >= 0.3 is 0 Å². The highest BCUT2D eigenvalue weighted by molar-refractivity contribution is 5.43. The van der Waals surface area contributed by atoms with Gasteiger partial charge < -0.3 is 14.8 Å². The molecule has 0 aliphatic carbocycles. The minimum atomic E-state index is 0.528. The van der Waals surface area contributed by atoms with Crippen molar-refractivity contribution in [1.82, 2.24) is 5.32 Å². The maximum Gasteiger partial charge on any atom is 0.161 e. The van der Waals surface area contributed by atoms with Crippen molar-refractivity contribution in [3.8, 4) is 11.5 Å². The van der Waals surface area contributed by atoms with Crippen LogP contribution in [0.15, 0.2) is 18.2 Å². The third kappa shape index (κ3) is 3.13. The van der Waals surface area contributed by atoms with Gasteiger partial charge in [0.1, 0.15) is 0 Å². The third-order valence-electron chi connectivity index (χ3n) is 3.20. The van der Waals surface area contributed by atoms with Gasteiger partial charge in [0, 0.05) is 12.5 Å². The fraction of sp³-hybridized carbons (Fsp3) is 0.571. The van der Waals surface area contributed by atoms with Gasteiger partial charge in [-0.3, -0.25) is 0 Å². The largest absolute Gasteiger partial charge is 0.490 e. The topological polar surface area (TPSA) is 30.5 Å². The summed E-state index contributed by atoms with van der Waals surface area (Å²) in [5, 5.41) is 3.32. The number of benzene rings is 1. The molecular formula is C14H21NO2. The lowest BCUT2D eigenvalue weighted by Crippen LogP contribution is -2.26. The van der Waals surface area contributed by atoms with E-state index in [1.807, 2.05) is 13.1 Å². The van der Waals surface area contributed by atoms with Crippen LogP contribution in [-0.4, -0.2) is 26.3 Å². The minimum Gasteiger partial charge on any atom is -0.490 e. The van der Waals surface area contributed by atoms with Gasteiger partial charge in [-0.05, 0) is 37.6 Å². The summed E-state index contributed by atoms with van der Waals surface area (Å²) in [5.41, 5.74) is 1.30. The third-order valence-corrected chi connectivity index (χ3v) is 3.20. The highest BCUT2D eigenvalue weighted by atomic mass is 16.5. The molecule has 2 rings (SSSR count). The van der Waals surface area contributed by atoms with Crippen LogP contribution < -0.4 is 14.8 Å². The molecule has 0 spiro atoms. The molecular weight excluding hydrogens is 214 g/mol. The van der Waals surface area contributed by atoms with Gasteiger partial charge in [0.05, 0.1) is 13.2 Å². The van der Waals surface area contributed by atoms with E-state index >= 15 is 0 Å². The van der Waals surface area contributed by atoms with Crippen LogP contribution in [0.2, 0.25) is 0 Å². The Hall–Kier alpha value is -1.22. The van der Waals surface area contributed by atoms with E-state index in [2.05, 4.69) is 24.4 Å². The van der Waals surface area contributed by atoms with Gasteiger partial charge in [-0.15, -0.1) is 0 Å². The van der Waals surface area contributed by atoms with Gasteiger partial charge in [-0.25, -0.2) is 0 Å². The molecule has 1 unspecified atom stereocenters. The summed E-state index contributed by atoms with van der Waals surface area (Å²) in [5.74, 6) is 1.77. The normalized spacial score (nSPS) is 16.4. The summed E-state index contributed by atoms with van der Waals surface area (Å²) in [4.78, 5) is 0. The van der Waals surface area contributed by atoms with E-state index in [0.717, 1.165) is 44.0 Å². The van der Waals surface area contributed by atoms with E-state index in [0.29, 0.717) is 6.04 Å². The summed E-state index contributed by atoms with van der Waals surface area (Å²) < 4.78 is 11.3. The van der Waals surface area contributed by atoms with Crippen LogP contribution in [0.5, 0.6) is 11.5 Å². The summed E-state index contributed by atoms with van der Waals surface area (Å²) in [7, 11) is 2.01. The van der Waals surface area contributed by atoms with Crippen LogP contribution in [0, 0.1) is 0 Å². The lowest BCUT2D eigenvalue weighted by Gasteiger charge is -2.15. The predicted molar refractivity (Wildman–Crippen MR) is 68.9 cm³/mol. The Kier molecular flexibility index (Phi) is 4.26. The van der Waals surface area contributed by atoms with Gasteiger partial charge in [0.15, 0.2) is 11.5 Å². The molecule has 1 atom stereocenters. The van der Waals surface area contributed by atoms with Crippen molar-refractivity contribution >= 4 is 0 Å². The monoisotopic (exact) mass is 235 g/mol. The van der Waals surface area contributed by atoms with Gasteiger partial charge in [-0.2, -0.15) is 0 Å². The van der Waals surface area contributed by atoms with Crippen molar-refractivity contribution < 1.29 is 9.47 Å². The average molecular weight is 235 g/mol. The minimum absolute atomic E-state index is 0.528. The van der Waals surface area contributed by atoms with Crippen molar-refractivity contribution in [3.05, 3.63) is 23.8 Å². The van der Waals surface area contributed by atoms with Gasteiger partial charge in [0.25, 0.3) is 0 Å². The molecule has 3 nitrogen and oxygen atoms in total. The molecule has 1 N–H and O–H groups in total. The van der Waals surface area contributed by atoms with Crippen molar-refractivity contribution in [3.63, 3.8) is 0 Å². The summed E-state index contributed by atoms with van der Waals surface area (Å²) in [6.07, 6.45) is 3.12. The molecule has 0 aromatic heterocycles. The van der Waals surface area contributed by atoms with E-state index in [1.165, 1.54) is 5.56 Å². The second kappa shape index (κ2) is 5.92. The maximum atomic E-state index is 5.69. The van der Waals surface area contributed by atoms with Gasteiger partial charge in [0.2, 0.25) is 0 Å². The lowest BCUT2D eigenvalue weighted by molar-refractivity contribution is 0.297. The molecule has 0 saturated carbocycles. The van der Waals surface area contributed by atoms with Crippen LogP contribution in [0.1, 0.15) is 25.3 Å². The van der Waals surface area contributed by atoms with Crippen LogP contribution >= 0.6 is 0 Å². The van der Waals surface area contributed by atoms with Crippen LogP contribution in [0.3, 0.4) is 0 Å². The average Bonchev–Trinajstić information content (AvgIpc) is 2.60. The molecule has 0 radical (unpaired) electrons. The Morgan fingerprint density at radius 3 is 2.71 bits per heavy atom. The number of rotatable bonds is 4. The first-order valence-electron chi connectivity index (χ1n) is 6.39. The first kappa shape index (κ1) is 12.2. The standard InChI is InChI=1S/C14H21NO2/c1-3-12(15-2)9-11-5-6-13-14(10-11)17-8-4-7-16-13/h5-6,10,12,15H,3-4,7-9H2,1-2H3. The number of ether oxygens (including phenoxy) is 2. The molecule has 3 heteroatoms. The fourth-order valence-electron chi connectivity index (χ4n) is 2.07. The molecule has 17 heavy (non-hydrogen) atoms. The summed E-state index contributed by atoms with van der Waals surface area (Å²) in [6.45, 7) is 3.70. The van der Waals surface area contributed by atoms with E-state index in [-0.39, 0.29) is 0 Å². The zero-order chi connectivity index (χ0) is 12.1. The molecule has 0 fully saturated rings. The van der Waals surface area contributed by atoms with Crippen LogP contribution in [-0.2, 0) is 6.42 Å². The highest BCUT2D eigenvalue weighted by Crippen LogP contribution is 2.30. The van der Waals surface area contributed by atoms with E-state index in [1.54, 1.807) is 0 Å². The molecule has 0 bridgehead atoms. The smallest absolute Gasteiger partial charge is 0.161 e. The number of likely N-dealkylation sites (N-methyl/N-ethyl adjacent to an activating group) is 1. The molecule has 1 heterocycles. The Bertz CT molecular complexity index is 361. The quantitative estimate of drug-likeness (QED) is 0.869. The zero-order valence-electron chi connectivity index (χ0n) is 10.7. The predicted octanol–water partition coefficient (Wildman–Crippen LogP) is 2.39. The summed E-state index contributed by atoms with van der Waals surface area (Å²) >= 11 is 0. The molecule has 1 aromatic carbocycles. The van der Waals surface area contributed by atoms with E-state index in [4.69, 9.17) is 9.47 Å². The van der Waals surface area contributed by atoms with Crippen molar-refractivity contribution in [1.29, 1.82) is 0 Å². The number of hydrogen-bond acceptors (Lipinski definition) is 3. The Balaban J connectivity index is 2.12. The molecule has 1 aromatic rings. The first-order chi connectivity index (χ1) is 8.33. The van der Waals surface area contributed by atoms with Crippen molar-refractivity contribution in [2.24, 2.45) is 0 Å². The fourth-order valence-corrected chi connectivity index (χ4v) is 2.07. The highest BCUT2D eigenvalue weighted by Gasteiger charge is 2.12. The van der Waals surface area contributed by atoms with E-state index in [9.17, 15) is 0 Å².